The fourth-order valence-electron chi connectivity index (χ4n) is 1.69. The maximum absolute atomic E-state index is 6.44. The number of alkyl halides is 2. The Balaban J connectivity index is 2.49. The van der Waals surface area contributed by atoms with Crippen molar-refractivity contribution in [1.29, 1.82) is 0 Å². The van der Waals surface area contributed by atoms with Crippen LogP contribution in [0.4, 0.5) is 0 Å². The molecule has 0 saturated heterocycles. The van der Waals surface area contributed by atoms with Crippen LogP contribution in [0, 0.1) is 6.92 Å². The van der Waals surface area contributed by atoms with Gasteiger partial charge in [0, 0.05) is 5.02 Å². The van der Waals surface area contributed by atoms with Crippen LogP contribution in [-0.4, -0.2) is 0 Å². The summed E-state index contributed by atoms with van der Waals surface area (Å²) < 4.78 is -1.07. The van der Waals surface area contributed by atoms with E-state index in [1.54, 1.807) is 12.1 Å². The van der Waals surface area contributed by atoms with Crippen molar-refractivity contribution in [1.82, 2.24) is 0 Å². The van der Waals surface area contributed by atoms with Gasteiger partial charge >= 0.3 is 0 Å². The molecule has 0 spiro atoms. The summed E-state index contributed by atoms with van der Waals surface area (Å²) in [6, 6.07) is 15.1. The van der Waals surface area contributed by atoms with Gasteiger partial charge in [-0.3, -0.25) is 0 Å². The van der Waals surface area contributed by atoms with Crippen LogP contribution >= 0.6 is 34.8 Å². The van der Waals surface area contributed by atoms with E-state index >= 15 is 0 Å². The van der Waals surface area contributed by atoms with Crippen molar-refractivity contribution in [3.63, 3.8) is 0 Å². The highest BCUT2D eigenvalue weighted by atomic mass is 35.5. The van der Waals surface area contributed by atoms with Gasteiger partial charge in [0.25, 0.3) is 0 Å². The molecule has 0 radical (unpaired) electrons. The van der Waals surface area contributed by atoms with Gasteiger partial charge in [-0.25, -0.2) is 0 Å². The third kappa shape index (κ3) is 2.77. The Bertz CT molecular complexity index is 485. The van der Waals surface area contributed by atoms with Crippen LogP contribution in [-0.2, 0) is 4.33 Å². The molecular formula is C14H11Cl3. The lowest BCUT2D eigenvalue weighted by molar-refractivity contribution is 1.03. The van der Waals surface area contributed by atoms with Gasteiger partial charge < -0.3 is 0 Å². The number of hydrogen-bond acceptors (Lipinski definition) is 0. The quantitative estimate of drug-likeness (QED) is 0.654. The lowest BCUT2D eigenvalue weighted by Crippen LogP contribution is -2.12. The second kappa shape index (κ2) is 4.89. The van der Waals surface area contributed by atoms with Gasteiger partial charge in [-0.2, -0.15) is 0 Å². The molecule has 2 aromatic rings. The van der Waals surface area contributed by atoms with E-state index in [0.29, 0.717) is 5.02 Å². The second-order valence-electron chi connectivity index (χ2n) is 3.95. The van der Waals surface area contributed by atoms with Gasteiger partial charge in [0.15, 0.2) is 4.33 Å². The number of benzene rings is 2. The average molecular weight is 286 g/mol. The first-order valence-corrected chi connectivity index (χ1v) is 6.34. The summed E-state index contributed by atoms with van der Waals surface area (Å²) in [5.41, 5.74) is 2.75. The van der Waals surface area contributed by atoms with Gasteiger partial charge in [0.05, 0.1) is 0 Å². The van der Waals surface area contributed by atoms with E-state index in [1.807, 2.05) is 43.3 Å². The van der Waals surface area contributed by atoms with E-state index < -0.39 is 4.33 Å². The average Bonchev–Trinajstić information content (AvgIpc) is 2.29. The monoisotopic (exact) mass is 284 g/mol. The predicted octanol–water partition coefficient (Wildman–Crippen LogP) is 5.33. The smallest absolute Gasteiger partial charge is 0.0909 e. The minimum absolute atomic E-state index is 0.626. The van der Waals surface area contributed by atoms with Crippen LogP contribution in [0.15, 0.2) is 48.5 Å². The van der Waals surface area contributed by atoms with Crippen molar-refractivity contribution in [2.75, 3.05) is 0 Å². The van der Waals surface area contributed by atoms with E-state index in [0.717, 1.165) is 16.7 Å². The van der Waals surface area contributed by atoms with Gasteiger partial charge in [-0.1, -0.05) is 76.8 Å². The zero-order valence-electron chi connectivity index (χ0n) is 9.25. The summed E-state index contributed by atoms with van der Waals surface area (Å²) in [4.78, 5) is 0. The highest BCUT2D eigenvalue weighted by Crippen LogP contribution is 2.41. The van der Waals surface area contributed by atoms with E-state index in [4.69, 9.17) is 34.8 Å². The normalized spacial score (nSPS) is 11.5. The van der Waals surface area contributed by atoms with E-state index in [1.165, 1.54) is 0 Å². The zero-order valence-corrected chi connectivity index (χ0v) is 11.5. The summed E-state index contributed by atoms with van der Waals surface area (Å²) in [5, 5.41) is 0.626. The number of halogens is 3. The molecule has 0 fully saturated rings. The lowest BCUT2D eigenvalue weighted by atomic mass is 10.0. The van der Waals surface area contributed by atoms with Crippen LogP contribution in [0.25, 0.3) is 0 Å². The van der Waals surface area contributed by atoms with Crippen molar-refractivity contribution >= 4 is 34.8 Å². The molecule has 0 atom stereocenters. The molecule has 0 N–H and O–H groups in total. The lowest BCUT2D eigenvalue weighted by Gasteiger charge is -2.21. The Kier molecular flexibility index (Phi) is 3.67. The van der Waals surface area contributed by atoms with E-state index in [9.17, 15) is 0 Å². The molecule has 0 aromatic heterocycles. The minimum atomic E-state index is -1.07. The minimum Gasteiger partial charge on any atom is -0.0909 e. The largest absolute Gasteiger partial charge is 0.168 e. The summed E-state index contributed by atoms with van der Waals surface area (Å²) in [6.45, 7) is 2.01. The van der Waals surface area contributed by atoms with Gasteiger partial charge in [-0.05, 0) is 30.2 Å². The topological polar surface area (TPSA) is 0 Å². The molecule has 0 heterocycles. The summed E-state index contributed by atoms with van der Waals surface area (Å²) in [7, 11) is 0. The zero-order chi connectivity index (χ0) is 12.5. The highest BCUT2D eigenvalue weighted by molar-refractivity contribution is 6.50. The third-order valence-corrected chi connectivity index (χ3v) is 3.68. The van der Waals surface area contributed by atoms with E-state index in [-0.39, 0.29) is 0 Å². The van der Waals surface area contributed by atoms with Crippen LogP contribution < -0.4 is 0 Å². The fourth-order valence-corrected chi connectivity index (χ4v) is 2.35. The first-order chi connectivity index (χ1) is 8.00. The van der Waals surface area contributed by atoms with Crippen molar-refractivity contribution in [3.8, 4) is 0 Å². The molecule has 0 aliphatic rings. The van der Waals surface area contributed by atoms with Crippen LogP contribution in [0.5, 0.6) is 0 Å². The molecule has 0 amide bonds. The van der Waals surface area contributed by atoms with Crippen LogP contribution in [0.2, 0.25) is 5.02 Å². The molecular weight excluding hydrogens is 275 g/mol. The highest BCUT2D eigenvalue weighted by Gasteiger charge is 2.29. The first kappa shape index (κ1) is 12.8. The van der Waals surface area contributed by atoms with Crippen molar-refractivity contribution < 1.29 is 0 Å². The summed E-state index contributed by atoms with van der Waals surface area (Å²) in [6.07, 6.45) is 0. The molecule has 0 aliphatic heterocycles. The van der Waals surface area contributed by atoms with Gasteiger partial charge in [0.1, 0.15) is 0 Å². The van der Waals surface area contributed by atoms with Crippen LogP contribution in [0.1, 0.15) is 16.7 Å². The second-order valence-corrected chi connectivity index (χ2v) is 5.72. The van der Waals surface area contributed by atoms with Gasteiger partial charge in [0.2, 0.25) is 0 Å². The Morgan fingerprint density at radius 3 is 2.06 bits per heavy atom. The molecule has 3 heteroatoms. The SMILES string of the molecule is Cc1cccc(C(Cl)(Cl)c2cccc(Cl)c2)c1. The Morgan fingerprint density at radius 2 is 1.47 bits per heavy atom. The standard InChI is InChI=1S/C14H11Cl3/c1-10-4-2-5-11(8-10)14(16,17)12-6-3-7-13(15)9-12/h2-9H,1H3. The molecule has 0 unspecified atom stereocenters. The molecule has 0 nitrogen and oxygen atoms in total. The van der Waals surface area contributed by atoms with Crippen LogP contribution in [0.3, 0.4) is 0 Å². The Morgan fingerprint density at radius 1 is 0.882 bits per heavy atom. The third-order valence-electron chi connectivity index (χ3n) is 2.57. The first-order valence-electron chi connectivity index (χ1n) is 5.21. The van der Waals surface area contributed by atoms with Crippen molar-refractivity contribution in [2.45, 2.75) is 11.3 Å². The van der Waals surface area contributed by atoms with E-state index in [2.05, 4.69) is 0 Å². The summed E-state index contributed by atoms with van der Waals surface area (Å²) >= 11 is 18.8. The Labute approximate surface area is 116 Å². The van der Waals surface area contributed by atoms with Gasteiger partial charge in [-0.15, -0.1) is 0 Å². The number of hydrogen-bond donors (Lipinski definition) is 0. The molecule has 0 aliphatic carbocycles. The van der Waals surface area contributed by atoms with Crippen molar-refractivity contribution in [2.24, 2.45) is 0 Å². The molecule has 88 valence electrons. The maximum atomic E-state index is 6.44. The maximum Gasteiger partial charge on any atom is 0.168 e. The molecule has 0 saturated carbocycles. The molecule has 0 bridgehead atoms. The van der Waals surface area contributed by atoms with Crippen molar-refractivity contribution in [3.05, 3.63) is 70.2 Å². The summed E-state index contributed by atoms with van der Waals surface area (Å²) in [5.74, 6) is 0. The fraction of sp³-hybridized carbons (Fsp3) is 0.143. The molecule has 2 rings (SSSR count). The Hall–Kier alpha value is -0.690. The predicted molar refractivity (Wildman–Crippen MR) is 75.1 cm³/mol. The number of rotatable bonds is 2. The molecule has 2 aromatic carbocycles. The number of aryl methyl sites for hydroxylation is 1. The molecule has 17 heavy (non-hydrogen) atoms.